The van der Waals surface area contributed by atoms with Gasteiger partial charge in [-0.3, -0.25) is 4.79 Å². The highest BCUT2D eigenvalue weighted by Crippen LogP contribution is 2.31. The second-order valence-corrected chi connectivity index (χ2v) is 11.9. The first-order chi connectivity index (χ1) is 11.4. The van der Waals surface area contributed by atoms with Crippen molar-refractivity contribution in [3.05, 3.63) is 48.2 Å². The maximum Gasteiger partial charge on any atom is 0.310 e. The Morgan fingerprint density at radius 1 is 1.08 bits per heavy atom. The van der Waals surface area contributed by atoms with Crippen LogP contribution in [0, 0.1) is 0 Å². The zero-order chi connectivity index (χ0) is 17.3. The Labute approximate surface area is 142 Å². The number of esters is 1. The molecule has 4 heteroatoms. The summed E-state index contributed by atoms with van der Waals surface area (Å²) in [6.45, 7) is 8.73. The SMILES string of the molecule is CCC(=O)OC=Cc1cccc2c1oc1c([Si](C)(C)C)cccc12. The Kier molecular flexibility index (Phi) is 4.33. The van der Waals surface area contributed by atoms with Gasteiger partial charge in [0, 0.05) is 22.8 Å². The number of para-hydroxylation sites is 2. The molecule has 0 aliphatic heterocycles. The van der Waals surface area contributed by atoms with Crippen molar-refractivity contribution in [3.63, 3.8) is 0 Å². The molecule has 1 aromatic heterocycles. The summed E-state index contributed by atoms with van der Waals surface area (Å²) in [5.74, 6) is -0.246. The summed E-state index contributed by atoms with van der Waals surface area (Å²) in [4.78, 5) is 11.3. The fourth-order valence-electron chi connectivity index (χ4n) is 2.83. The fraction of sp³-hybridized carbons (Fsp3) is 0.250. The van der Waals surface area contributed by atoms with E-state index in [0.717, 1.165) is 27.5 Å². The smallest absolute Gasteiger partial charge is 0.310 e. The van der Waals surface area contributed by atoms with Crippen LogP contribution in [0.1, 0.15) is 18.9 Å². The van der Waals surface area contributed by atoms with E-state index in [1.807, 2.05) is 12.1 Å². The number of hydrogen-bond acceptors (Lipinski definition) is 3. The molecule has 2 aromatic carbocycles. The molecule has 1 heterocycles. The van der Waals surface area contributed by atoms with Gasteiger partial charge < -0.3 is 9.15 Å². The number of carbonyl (C=O) groups is 1. The molecule has 0 saturated carbocycles. The lowest BCUT2D eigenvalue weighted by Gasteiger charge is -2.16. The first kappa shape index (κ1) is 16.5. The van der Waals surface area contributed by atoms with Gasteiger partial charge in [-0.1, -0.05) is 63.0 Å². The average molecular weight is 338 g/mol. The van der Waals surface area contributed by atoms with E-state index < -0.39 is 8.07 Å². The molecule has 0 amide bonds. The van der Waals surface area contributed by atoms with E-state index in [9.17, 15) is 4.79 Å². The van der Waals surface area contributed by atoms with Gasteiger partial charge in [0.1, 0.15) is 11.2 Å². The van der Waals surface area contributed by atoms with Crippen LogP contribution in [0.15, 0.2) is 47.1 Å². The maximum atomic E-state index is 11.3. The number of fused-ring (bicyclic) bond motifs is 3. The second-order valence-electron chi connectivity index (χ2n) is 6.90. The second kappa shape index (κ2) is 6.28. The standard InChI is InChI=1S/C20H22O3Si/c1-5-18(21)22-13-12-14-8-6-9-15-16-10-7-11-17(24(2,3)4)20(16)23-19(14)15/h6-13H,5H2,1-4H3. The van der Waals surface area contributed by atoms with Crippen LogP contribution in [-0.4, -0.2) is 14.0 Å². The van der Waals surface area contributed by atoms with Gasteiger partial charge in [0.15, 0.2) is 0 Å². The summed E-state index contributed by atoms with van der Waals surface area (Å²) < 4.78 is 11.3. The Balaban J connectivity index is 2.15. The Bertz CT molecular complexity index is 929. The average Bonchev–Trinajstić information content (AvgIpc) is 2.93. The minimum absolute atomic E-state index is 0.246. The zero-order valence-electron chi connectivity index (χ0n) is 14.6. The van der Waals surface area contributed by atoms with Crippen LogP contribution >= 0.6 is 0 Å². The molecule has 3 aromatic rings. The zero-order valence-corrected chi connectivity index (χ0v) is 15.6. The van der Waals surface area contributed by atoms with Crippen LogP contribution in [0.5, 0.6) is 0 Å². The van der Waals surface area contributed by atoms with Gasteiger partial charge >= 0.3 is 5.97 Å². The van der Waals surface area contributed by atoms with Crippen molar-refractivity contribution in [2.24, 2.45) is 0 Å². The third-order valence-electron chi connectivity index (χ3n) is 4.10. The van der Waals surface area contributed by atoms with Crippen molar-refractivity contribution in [2.75, 3.05) is 0 Å². The number of carbonyl (C=O) groups excluding carboxylic acids is 1. The highest BCUT2D eigenvalue weighted by Gasteiger charge is 2.22. The van der Waals surface area contributed by atoms with Gasteiger partial charge in [-0.05, 0) is 11.3 Å². The van der Waals surface area contributed by atoms with Gasteiger partial charge in [0.05, 0.1) is 14.3 Å². The quantitative estimate of drug-likeness (QED) is 0.379. The molecule has 0 atom stereocenters. The molecule has 0 bridgehead atoms. The molecule has 0 radical (unpaired) electrons. The molecular formula is C20H22O3Si. The van der Waals surface area contributed by atoms with Gasteiger partial charge in [-0.15, -0.1) is 0 Å². The first-order valence-electron chi connectivity index (χ1n) is 8.22. The number of hydrogen-bond donors (Lipinski definition) is 0. The molecule has 0 unspecified atom stereocenters. The molecule has 124 valence electrons. The van der Waals surface area contributed by atoms with Crippen molar-refractivity contribution in [2.45, 2.75) is 33.0 Å². The lowest BCUT2D eigenvalue weighted by atomic mass is 10.1. The summed E-state index contributed by atoms with van der Waals surface area (Å²) >= 11 is 0. The minimum atomic E-state index is -1.50. The summed E-state index contributed by atoms with van der Waals surface area (Å²) in [5.41, 5.74) is 2.73. The molecule has 0 N–H and O–H groups in total. The third kappa shape index (κ3) is 3.02. The van der Waals surface area contributed by atoms with Crippen LogP contribution in [0.3, 0.4) is 0 Å². The van der Waals surface area contributed by atoms with E-state index in [2.05, 4.69) is 43.9 Å². The van der Waals surface area contributed by atoms with E-state index in [4.69, 9.17) is 9.15 Å². The van der Waals surface area contributed by atoms with E-state index in [-0.39, 0.29) is 5.97 Å². The number of benzene rings is 2. The maximum absolute atomic E-state index is 11.3. The van der Waals surface area contributed by atoms with Gasteiger partial charge in [-0.2, -0.15) is 0 Å². The van der Waals surface area contributed by atoms with E-state index in [1.165, 1.54) is 11.4 Å². The van der Waals surface area contributed by atoms with E-state index >= 15 is 0 Å². The summed E-state index contributed by atoms with van der Waals surface area (Å²) in [7, 11) is -1.50. The third-order valence-corrected chi connectivity index (χ3v) is 6.11. The Morgan fingerprint density at radius 2 is 1.75 bits per heavy atom. The Hall–Kier alpha value is -2.33. The highest BCUT2D eigenvalue weighted by atomic mass is 28.3. The molecule has 0 saturated heterocycles. The molecule has 3 nitrogen and oxygen atoms in total. The van der Waals surface area contributed by atoms with Crippen molar-refractivity contribution in [3.8, 4) is 0 Å². The monoisotopic (exact) mass is 338 g/mol. The van der Waals surface area contributed by atoms with Gasteiger partial charge in [-0.25, -0.2) is 0 Å². The minimum Gasteiger partial charge on any atom is -0.456 e. The van der Waals surface area contributed by atoms with Crippen molar-refractivity contribution in [1.29, 1.82) is 0 Å². The van der Waals surface area contributed by atoms with Crippen molar-refractivity contribution < 1.29 is 13.9 Å². The number of ether oxygens (including phenoxy) is 1. The van der Waals surface area contributed by atoms with Crippen LogP contribution in [0.25, 0.3) is 28.0 Å². The summed E-state index contributed by atoms with van der Waals surface area (Å²) in [6.07, 6.45) is 3.58. The van der Waals surface area contributed by atoms with Crippen LogP contribution in [0.2, 0.25) is 19.6 Å². The summed E-state index contributed by atoms with van der Waals surface area (Å²) in [6, 6.07) is 12.4. The predicted molar refractivity (Wildman–Crippen MR) is 102 cm³/mol. The first-order valence-corrected chi connectivity index (χ1v) is 11.7. The van der Waals surface area contributed by atoms with Gasteiger partial charge in [0.25, 0.3) is 0 Å². The highest BCUT2D eigenvalue weighted by molar-refractivity contribution is 6.90. The largest absolute Gasteiger partial charge is 0.456 e. The van der Waals surface area contributed by atoms with Crippen LogP contribution < -0.4 is 5.19 Å². The summed E-state index contributed by atoms with van der Waals surface area (Å²) in [5, 5.41) is 3.56. The molecular weight excluding hydrogens is 316 g/mol. The van der Waals surface area contributed by atoms with E-state index in [1.54, 1.807) is 13.0 Å². The van der Waals surface area contributed by atoms with Crippen LogP contribution in [-0.2, 0) is 9.53 Å². The number of rotatable bonds is 4. The molecule has 0 fully saturated rings. The van der Waals surface area contributed by atoms with E-state index in [0.29, 0.717) is 6.42 Å². The molecule has 24 heavy (non-hydrogen) atoms. The number of furan rings is 1. The molecule has 0 spiro atoms. The lowest BCUT2D eigenvalue weighted by molar-refractivity contribution is -0.137. The predicted octanol–water partition coefficient (Wildman–Crippen LogP) is 5.06. The topological polar surface area (TPSA) is 39.4 Å². The molecule has 0 aliphatic carbocycles. The normalized spacial score (nSPS) is 12.3. The fourth-order valence-corrected chi connectivity index (χ4v) is 4.29. The lowest BCUT2D eigenvalue weighted by Crippen LogP contribution is -2.37. The van der Waals surface area contributed by atoms with Crippen molar-refractivity contribution >= 4 is 47.2 Å². The molecule has 0 aliphatic rings. The Morgan fingerprint density at radius 3 is 2.42 bits per heavy atom. The van der Waals surface area contributed by atoms with Gasteiger partial charge in [0.2, 0.25) is 0 Å². The van der Waals surface area contributed by atoms with Crippen LogP contribution in [0.4, 0.5) is 0 Å². The van der Waals surface area contributed by atoms with Crippen molar-refractivity contribution in [1.82, 2.24) is 0 Å². The molecule has 3 rings (SSSR count).